The van der Waals surface area contributed by atoms with Crippen LogP contribution in [-0.2, 0) is 25.9 Å². The Hall–Kier alpha value is -3.18. The van der Waals surface area contributed by atoms with Crippen molar-refractivity contribution >= 4 is 43.3 Å². The average molecular weight is 465 g/mol. The average Bonchev–Trinajstić information content (AvgIpc) is 3.08. The number of amides is 1. The van der Waals surface area contributed by atoms with Crippen LogP contribution in [0, 0.1) is 0 Å². The number of carbonyl (C=O) groups excluding carboxylic acids is 2. The Kier molecular flexibility index (Phi) is 6.46. The van der Waals surface area contributed by atoms with Crippen molar-refractivity contribution in [3.8, 4) is 11.5 Å². The number of hydrogen-bond donors (Lipinski definition) is 0. The number of thiazole rings is 1. The lowest BCUT2D eigenvalue weighted by molar-refractivity contribution is -0.141. The molecule has 0 fully saturated rings. The number of carbonyl (C=O) groups is 2. The quantitative estimate of drug-likeness (QED) is 0.513. The van der Waals surface area contributed by atoms with Gasteiger partial charge in [-0.25, -0.2) is 8.42 Å². The number of benzene rings is 2. The lowest BCUT2D eigenvalue weighted by Crippen LogP contribution is -2.22. The van der Waals surface area contributed by atoms with Crippen LogP contribution in [0.1, 0.15) is 10.4 Å². The zero-order chi connectivity index (χ0) is 22.8. The highest BCUT2D eigenvalue weighted by atomic mass is 32.2. The van der Waals surface area contributed by atoms with Gasteiger partial charge in [0.1, 0.15) is 18.0 Å². The Labute approximate surface area is 182 Å². The molecule has 0 aliphatic heterocycles. The van der Waals surface area contributed by atoms with E-state index in [0.717, 1.165) is 17.6 Å². The van der Waals surface area contributed by atoms with E-state index in [1.165, 1.54) is 50.2 Å². The van der Waals surface area contributed by atoms with Gasteiger partial charge in [-0.1, -0.05) is 11.3 Å². The summed E-state index contributed by atoms with van der Waals surface area (Å²) in [4.78, 5) is 29.3. The summed E-state index contributed by atoms with van der Waals surface area (Å²) in [6, 6.07) is 9.17. The van der Waals surface area contributed by atoms with Crippen LogP contribution in [0.25, 0.3) is 10.2 Å². The van der Waals surface area contributed by atoms with Gasteiger partial charge in [-0.2, -0.15) is 4.99 Å². The number of nitrogens with zero attached hydrogens (tertiary/aromatic N) is 2. The third-order valence-electron chi connectivity index (χ3n) is 4.39. The SMILES string of the molecule is COC(=O)Cn1c(=NC(=O)c2cc(OC)cc(OC)c2)sc2cc(S(C)(=O)=O)ccc21. The van der Waals surface area contributed by atoms with E-state index in [2.05, 4.69) is 4.99 Å². The predicted octanol–water partition coefficient (Wildman–Crippen LogP) is 2.04. The van der Waals surface area contributed by atoms with Crippen LogP contribution in [0.2, 0.25) is 0 Å². The molecule has 11 heteroatoms. The maximum Gasteiger partial charge on any atom is 0.325 e. The van der Waals surface area contributed by atoms with E-state index in [0.29, 0.717) is 21.7 Å². The number of hydrogen-bond acceptors (Lipinski definition) is 8. The predicted molar refractivity (Wildman–Crippen MR) is 114 cm³/mol. The molecule has 1 amide bonds. The van der Waals surface area contributed by atoms with E-state index in [-0.39, 0.29) is 21.8 Å². The Morgan fingerprint density at radius 3 is 2.23 bits per heavy atom. The normalized spacial score (nSPS) is 12.1. The van der Waals surface area contributed by atoms with Gasteiger partial charge < -0.3 is 18.8 Å². The molecule has 3 rings (SSSR count). The molecule has 0 unspecified atom stereocenters. The standard InChI is InChI=1S/C20H20N2O7S2/c1-27-13-7-12(8-14(9-13)28-2)19(24)21-20-22(11-18(23)29-3)16-6-5-15(31(4,25)26)10-17(16)30-20/h5-10H,11H2,1-4H3. The summed E-state index contributed by atoms with van der Waals surface area (Å²) < 4.78 is 41.0. The summed E-state index contributed by atoms with van der Waals surface area (Å²) in [5, 5.41) is 0. The maximum absolute atomic E-state index is 12.9. The maximum atomic E-state index is 12.9. The number of fused-ring (bicyclic) bond motifs is 1. The van der Waals surface area contributed by atoms with Crippen molar-refractivity contribution in [2.24, 2.45) is 4.99 Å². The van der Waals surface area contributed by atoms with Gasteiger partial charge in [0, 0.05) is 17.9 Å². The van der Waals surface area contributed by atoms with Crippen LogP contribution in [0.5, 0.6) is 11.5 Å². The first-order chi connectivity index (χ1) is 14.7. The molecule has 0 radical (unpaired) electrons. The second kappa shape index (κ2) is 8.90. The molecule has 1 heterocycles. The molecule has 2 aromatic carbocycles. The number of esters is 1. The first-order valence-corrected chi connectivity index (χ1v) is 11.6. The fourth-order valence-electron chi connectivity index (χ4n) is 2.80. The molecule has 0 bridgehead atoms. The minimum absolute atomic E-state index is 0.127. The van der Waals surface area contributed by atoms with Gasteiger partial charge in [0.05, 0.1) is 36.4 Å². The first kappa shape index (κ1) is 22.5. The Balaban J connectivity index is 2.19. The number of aromatic nitrogens is 1. The molecule has 0 saturated heterocycles. The van der Waals surface area contributed by atoms with Gasteiger partial charge in [-0.15, -0.1) is 0 Å². The van der Waals surface area contributed by atoms with E-state index in [1.54, 1.807) is 12.1 Å². The molecule has 164 valence electrons. The smallest absolute Gasteiger partial charge is 0.325 e. The van der Waals surface area contributed by atoms with E-state index in [4.69, 9.17) is 14.2 Å². The van der Waals surface area contributed by atoms with Crippen LogP contribution >= 0.6 is 11.3 Å². The molecule has 31 heavy (non-hydrogen) atoms. The van der Waals surface area contributed by atoms with E-state index in [9.17, 15) is 18.0 Å². The molecule has 3 aromatic rings. The molecule has 0 aliphatic carbocycles. The molecule has 0 spiro atoms. The number of methoxy groups -OCH3 is 3. The third kappa shape index (κ3) is 4.94. The Morgan fingerprint density at radius 2 is 1.68 bits per heavy atom. The summed E-state index contributed by atoms with van der Waals surface area (Å²) >= 11 is 1.09. The summed E-state index contributed by atoms with van der Waals surface area (Å²) in [6.07, 6.45) is 1.11. The minimum atomic E-state index is -3.43. The zero-order valence-corrected chi connectivity index (χ0v) is 18.9. The topological polar surface area (TPSA) is 113 Å². The third-order valence-corrected chi connectivity index (χ3v) is 6.54. The molecule has 1 aromatic heterocycles. The van der Waals surface area contributed by atoms with Gasteiger partial charge in [0.15, 0.2) is 14.6 Å². The Morgan fingerprint density at radius 1 is 1.03 bits per heavy atom. The summed E-state index contributed by atoms with van der Waals surface area (Å²) in [5.41, 5.74) is 0.785. The highest BCUT2D eigenvalue weighted by molar-refractivity contribution is 7.90. The molecule has 9 nitrogen and oxygen atoms in total. The summed E-state index contributed by atoms with van der Waals surface area (Å²) in [5.74, 6) is -0.265. The lowest BCUT2D eigenvalue weighted by atomic mass is 10.2. The van der Waals surface area contributed by atoms with Crippen molar-refractivity contribution in [2.45, 2.75) is 11.4 Å². The van der Waals surface area contributed by atoms with Crippen LogP contribution in [0.3, 0.4) is 0 Å². The Bertz CT molecular complexity index is 1320. The molecule has 0 aliphatic rings. The number of ether oxygens (including phenoxy) is 3. The van der Waals surface area contributed by atoms with E-state index >= 15 is 0 Å². The van der Waals surface area contributed by atoms with Crippen molar-refractivity contribution < 1.29 is 32.2 Å². The second-order valence-electron chi connectivity index (χ2n) is 6.47. The highest BCUT2D eigenvalue weighted by Gasteiger charge is 2.16. The van der Waals surface area contributed by atoms with Gasteiger partial charge in [0.2, 0.25) is 0 Å². The first-order valence-electron chi connectivity index (χ1n) is 8.88. The van der Waals surface area contributed by atoms with E-state index < -0.39 is 21.7 Å². The van der Waals surface area contributed by atoms with Crippen LogP contribution in [-0.4, -0.2) is 52.4 Å². The lowest BCUT2D eigenvalue weighted by Gasteiger charge is -2.06. The van der Waals surface area contributed by atoms with Crippen LogP contribution in [0.15, 0.2) is 46.3 Å². The largest absolute Gasteiger partial charge is 0.497 e. The van der Waals surface area contributed by atoms with Gasteiger partial charge >= 0.3 is 5.97 Å². The van der Waals surface area contributed by atoms with Gasteiger partial charge in [-0.3, -0.25) is 9.59 Å². The molecule has 0 saturated carbocycles. The number of rotatable bonds is 6. The van der Waals surface area contributed by atoms with Crippen molar-refractivity contribution in [3.05, 3.63) is 46.8 Å². The van der Waals surface area contributed by atoms with Crippen LogP contribution < -0.4 is 14.3 Å². The van der Waals surface area contributed by atoms with Crippen molar-refractivity contribution in [2.75, 3.05) is 27.6 Å². The monoisotopic (exact) mass is 464 g/mol. The van der Waals surface area contributed by atoms with Gasteiger partial charge in [-0.05, 0) is 30.3 Å². The molecular weight excluding hydrogens is 444 g/mol. The fourth-order valence-corrected chi connectivity index (χ4v) is 4.59. The van der Waals surface area contributed by atoms with E-state index in [1.807, 2.05) is 0 Å². The van der Waals surface area contributed by atoms with Gasteiger partial charge in [0.25, 0.3) is 5.91 Å². The summed E-state index contributed by atoms with van der Waals surface area (Å²) in [6.45, 7) is -0.192. The van der Waals surface area contributed by atoms with Crippen molar-refractivity contribution in [1.29, 1.82) is 0 Å². The summed E-state index contributed by atoms with van der Waals surface area (Å²) in [7, 11) is 0.763. The molecular formula is C20H20N2O7S2. The highest BCUT2D eigenvalue weighted by Crippen LogP contribution is 2.24. The van der Waals surface area contributed by atoms with Crippen LogP contribution in [0.4, 0.5) is 0 Å². The fraction of sp³-hybridized carbons (Fsp3) is 0.250. The molecule has 0 atom stereocenters. The second-order valence-corrected chi connectivity index (χ2v) is 9.49. The van der Waals surface area contributed by atoms with Crippen molar-refractivity contribution in [3.63, 3.8) is 0 Å². The zero-order valence-electron chi connectivity index (χ0n) is 17.2. The minimum Gasteiger partial charge on any atom is -0.497 e. The number of sulfone groups is 1. The molecule has 0 N–H and O–H groups in total. The van der Waals surface area contributed by atoms with Crippen molar-refractivity contribution in [1.82, 2.24) is 4.57 Å².